The van der Waals surface area contributed by atoms with E-state index >= 15 is 0 Å². The van der Waals surface area contributed by atoms with Crippen LogP contribution in [0.1, 0.15) is 28.1 Å². The van der Waals surface area contributed by atoms with Crippen LogP contribution in [0.2, 0.25) is 0 Å². The summed E-state index contributed by atoms with van der Waals surface area (Å²) in [5.41, 5.74) is 2.45. The topological polar surface area (TPSA) is 83.1 Å². The van der Waals surface area contributed by atoms with Crippen LogP contribution < -0.4 is 0 Å². The van der Waals surface area contributed by atoms with E-state index in [-0.39, 0.29) is 5.91 Å². The van der Waals surface area contributed by atoms with E-state index in [0.29, 0.717) is 50.4 Å². The van der Waals surface area contributed by atoms with Gasteiger partial charge in [0.2, 0.25) is 0 Å². The van der Waals surface area contributed by atoms with Crippen LogP contribution in [0.15, 0.2) is 22.2 Å². The van der Waals surface area contributed by atoms with Crippen LogP contribution in [0.25, 0.3) is 0 Å². The molecule has 0 saturated heterocycles. The number of fused-ring (bicyclic) bond motifs is 1. The third-order valence-corrected chi connectivity index (χ3v) is 3.79. The van der Waals surface area contributed by atoms with Crippen molar-refractivity contribution in [2.45, 2.75) is 19.4 Å². The van der Waals surface area contributed by atoms with E-state index < -0.39 is 7.12 Å². The Kier molecular flexibility index (Phi) is 3.65. The molecule has 106 valence electrons. The molecule has 0 unspecified atom stereocenters. The zero-order valence-electron chi connectivity index (χ0n) is 11.0. The normalized spacial score (nSPS) is 18.5. The maximum absolute atomic E-state index is 12.4. The van der Waals surface area contributed by atoms with Gasteiger partial charge in [0.25, 0.3) is 5.91 Å². The van der Waals surface area contributed by atoms with Gasteiger partial charge in [-0.1, -0.05) is 6.08 Å². The maximum atomic E-state index is 12.4. The molecule has 0 bridgehead atoms. The molecule has 2 N–H and O–H groups in total. The van der Waals surface area contributed by atoms with Gasteiger partial charge in [0, 0.05) is 30.6 Å². The van der Waals surface area contributed by atoms with Crippen LogP contribution in [0, 0.1) is 0 Å². The van der Waals surface area contributed by atoms with E-state index in [1.165, 1.54) is 0 Å². The van der Waals surface area contributed by atoms with E-state index in [1.54, 1.807) is 17.2 Å². The van der Waals surface area contributed by atoms with Gasteiger partial charge in [0.05, 0.1) is 19.5 Å². The number of carbonyl (C=O) groups is 1. The molecule has 6 nitrogen and oxygen atoms in total. The fourth-order valence-electron chi connectivity index (χ4n) is 2.60. The Morgan fingerprint density at radius 2 is 2.20 bits per heavy atom. The predicted molar refractivity (Wildman–Crippen MR) is 70.9 cm³/mol. The van der Waals surface area contributed by atoms with Crippen molar-refractivity contribution >= 4 is 13.0 Å². The molecule has 0 atom stereocenters. The fraction of sp³-hybridized carbons (Fsp3) is 0.462. The SMILES string of the molecule is O=C(c1occ2c1CCOC2)N1CC=C(B(O)O)CC1. The van der Waals surface area contributed by atoms with Crippen molar-refractivity contribution in [3.05, 3.63) is 34.7 Å². The van der Waals surface area contributed by atoms with E-state index in [0.717, 1.165) is 11.1 Å². The number of nitrogens with zero attached hydrogens (tertiary/aromatic N) is 1. The minimum atomic E-state index is -1.43. The largest absolute Gasteiger partial charge is 0.483 e. The Labute approximate surface area is 116 Å². The summed E-state index contributed by atoms with van der Waals surface area (Å²) in [6.07, 6.45) is 4.43. The van der Waals surface area contributed by atoms with Crippen molar-refractivity contribution in [1.29, 1.82) is 0 Å². The van der Waals surface area contributed by atoms with Gasteiger partial charge in [0.1, 0.15) is 0 Å². The second-order valence-corrected chi connectivity index (χ2v) is 5.03. The Hall–Kier alpha value is -1.57. The lowest BCUT2D eigenvalue weighted by Crippen LogP contribution is -2.37. The molecule has 1 amide bonds. The van der Waals surface area contributed by atoms with E-state index in [9.17, 15) is 4.79 Å². The van der Waals surface area contributed by atoms with Gasteiger partial charge in [-0.3, -0.25) is 4.79 Å². The quantitative estimate of drug-likeness (QED) is 0.751. The van der Waals surface area contributed by atoms with E-state index in [1.807, 2.05) is 0 Å². The lowest BCUT2D eigenvalue weighted by molar-refractivity contribution is 0.0733. The molecule has 3 heterocycles. The van der Waals surface area contributed by atoms with Crippen LogP contribution in [-0.4, -0.2) is 47.7 Å². The fourth-order valence-corrected chi connectivity index (χ4v) is 2.60. The molecule has 3 rings (SSSR count). The third kappa shape index (κ3) is 2.39. The first-order valence-electron chi connectivity index (χ1n) is 6.68. The Morgan fingerprint density at radius 1 is 1.35 bits per heavy atom. The van der Waals surface area contributed by atoms with Gasteiger partial charge < -0.3 is 24.1 Å². The summed E-state index contributed by atoms with van der Waals surface area (Å²) < 4.78 is 10.7. The van der Waals surface area contributed by atoms with Gasteiger partial charge in [-0.25, -0.2) is 0 Å². The molecule has 0 saturated carbocycles. The summed E-state index contributed by atoms with van der Waals surface area (Å²) in [5.74, 6) is 0.251. The van der Waals surface area contributed by atoms with Crippen LogP contribution >= 0.6 is 0 Å². The number of hydrogen-bond acceptors (Lipinski definition) is 5. The third-order valence-electron chi connectivity index (χ3n) is 3.79. The van der Waals surface area contributed by atoms with Crippen molar-refractivity contribution in [2.24, 2.45) is 0 Å². The predicted octanol–water partition coefficient (Wildman–Crippen LogP) is 0.137. The summed E-state index contributed by atoms with van der Waals surface area (Å²) in [6, 6.07) is 0. The summed E-state index contributed by atoms with van der Waals surface area (Å²) >= 11 is 0. The van der Waals surface area contributed by atoms with Crippen LogP contribution in [0.4, 0.5) is 0 Å². The van der Waals surface area contributed by atoms with Gasteiger partial charge in [-0.15, -0.1) is 0 Å². The average Bonchev–Trinajstić information content (AvgIpc) is 2.90. The number of carbonyl (C=O) groups excluding carboxylic acids is 1. The van der Waals surface area contributed by atoms with Crippen molar-refractivity contribution < 1.29 is 24.0 Å². The van der Waals surface area contributed by atoms with Crippen molar-refractivity contribution in [2.75, 3.05) is 19.7 Å². The van der Waals surface area contributed by atoms with Gasteiger partial charge >= 0.3 is 7.12 Å². The van der Waals surface area contributed by atoms with Gasteiger partial charge in [0.15, 0.2) is 5.76 Å². The smallest absolute Gasteiger partial charge is 0.458 e. The number of furan rings is 1. The summed E-state index contributed by atoms with van der Waals surface area (Å²) in [5, 5.41) is 18.2. The lowest BCUT2D eigenvalue weighted by atomic mass is 9.76. The first-order valence-corrected chi connectivity index (χ1v) is 6.68. The molecule has 0 aromatic carbocycles. The van der Waals surface area contributed by atoms with Crippen LogP contribution in [0.5, 0.6) is 0 Å². The highest BCUT2D eigenvalue weighted by Crippen LogP contribution is 2.25. The zero-order valence-corrected chi connectivity index (χ0v) is 11.0. The van der Waals surface area contributed by atoms with Crippen molar-refractivity contribution in [3.63, 3.8) is 0 Å². The van der Waals surface area contributed by atoms with Gasteiger partial charge in [-0.05, 0) is 11.9 Å². The molecule has 2 aliphatic rings. The van der Waals surface area contributed by atoms with Crippen molar-refractivity contribution in [3.8, 4) is 0 Å². The molecule has 2 aliphatic heterocycles. The molecule has 1 aromatic rings. The standard InChI is InChI=1S/C13H16BNO5/c16-13(15-4-1-10(2-5-15)14(17)18)12-11-3-6-19-7-9(11)8-20-12/h1,8,17-18H,2-7H2. The first kappa shape index (κ1) is 13.4. The van der Waals surface area contributed by atoms with Crippen LogP contribution in [-0.2, 0) is 17.8 Å². The Bertz CT molecular complexity index is 551. The van der Waals surface area contributed by atoms with Crippen molar-refractivity contribution in [1.82, 2.24) is 4.90 Å². The molecular weight excluding hydrogens is 261 g/mol. The Morgan fingerprint density at radius 3 is 2.90 bits per heavy atom. The second kappa shape index (κ2) is 5.44. The highest BCUT2D eigenvalue weighted by Gasteiger charge is 2.28. The average molecular weight is 277 g/mol. The zero-order chi connectivity index (χ0) is 14.1. The molecule has 20 heavy (non-hydrogen) atoms. The molecule has 0 spiro atoms. The minimum absolute atomic E-state index is 0.143. The number of amides is 1. The van der Waals surface area contributed by atoms with Crippen LogP contribution in [0.3, 0.4) is 0 Å². The first-order chi connectivity index (χ1) is 9.66. The highest BCUT2D eigenvalue weighted by atomic mass is 16.5. The lowest BCUT2D eigenvalue weighted by Gasteiger charge is -2.26. The monoisotopic (exact) mass is 277 g/mol. The maximum Gasteiger partial charge on any atom is 0.483 e. The van der Waals surface area contributed by atoms with E-state index in [2.05, 4.69) is 0 Å². The molecule has 0 aliphatic carbocycles. The molecule has 0 radical (unpaired) electrons. The summed E-state index contributed by atoms with van der Waals surface area (Å²) in [7, 11) is -1.43. The summed E-state index contributed by atoms with van der Waals surface area (Å²) in [4.78, 5) is 14.1. The summed E-state index contributed by atoms with van der Waals surface area (Å²) in [6.45, 7) is 1.94. The molecular formula is C13H16BNO5. The van der Waals surface area contributed by atoms with Gasteiger partial charge in [-0.2, -0.15) is 0 Å². The molecule has 0 fully saturated rings. The highest BCUT2D eigenvalue weighted by molar-refractivity contribution is 6.50. The minimum Gasteiger partial charge on any atom is -0.458 e. The second-order valence-electron chi connectivity index (χ2n) is 5.03. The Balaban J connectivity index is 1.76. The van der Waals surface area contributed by atoms with E-state index in [4.69, 9.17) is 19.2 Å². The molecule has 7 heteroatoms. The molecule has 1 aromatic heterocycles. The number of rotatable bonds is 2. The number of ether oxygens (including phenoxy) is 1. The number of hydrogen-bond donors (Lipinski definition) is 2.